The molecule has 0 amide bonds. The molecule has 0 saturated heterocycles. The Morgan fingerprint density at radius 1 is 1.12 bits per heavy atom. The van der Waals surface area contributed by atoms with Crippen LogP contribution in [-0.4, -0.2) is 11.1 Å². The highest BCUT2D eigenvalue weighted by molar-refractivity contribution is 9.10. The molecule has 3 heteroatoms. The van der Waals surface area contributed by atoms with E-state index in [0.29, 0.717) is 0 Å². The van der Waals surface area contributed by atoms with Crippen molar-refractivity contribution < 1.29 is 9.90 Å². The second-order valence-electron chi connectivity index (χ2n) is 3.74. The van der Waals surface area contributed by atoms with E-state index in [0.717, 1.165) is 21.2 Å². The Morgan fingerprint density at radius 2 is 1.88 bits per heavy atom. The maximum Gasteiger partial charge on any atom is 0.307 e. The van der Waals surface area contributed by atoms with E-state index in [2.05, 4.69) is 15.9 Å². The van der Waals surface area contributed by atoms with Crippen LogP contribution in [0.25, 0.3) is 11.1 Å². The largest absolute Gasteiger partial charge is 0.481 e. The van der Waals surface area contributed by atoms with Crippen molar-refractivity contribution in [2.24, 2.45) is 0 Å². The fourth-order valence-electron chi connectivity index (χ4n) is 1.78. The standard InChI is InChI=1S/C14H11BrO2/c15-12-6-3-5-10(8-12)13-7-2-1-4-11(13)9-14(16)17/h1-8H,9H2,(H,16,17). The lowest BCUT2D eigenvalue weighted by Gasteiger charge is -2.08. The maximum atomic E-state index is 10.8. The Bertz CT molecular complexity index is 549. The van der Waals surface area contributed by atoms with Gasteiger partial charge in [0.25, 0.3) is 0 Å². The molecule has 1 N–H and O–H groups in total. The zero-order valence-corrected chi connectivity index (χ0v) is 10.6. The number of benzene rings is 2. The number of rotatable bonds is 3. The summed E-state index contributed by atoms with van der Waals surface area (Å²) in [4.78, 5) is 10.8. The van der Waals surface area contributed by atoms with Gasteiger partial charge in [-0.1, -0.05) is 52.3 Å². The number of halogens is 1. The summed E-state index contributed by atoms with van der Waals surface area (Å²) in [5, 5.41) is 8.88. The molecular weight excluding hydrogens is 280 g/mol. The van der Waals surface area contributed by atoms with Crippen molar-refractivity contribution in [2.45, 2.75) is 6.42 Å². The van der Waals surface area contributed by atoms with Crippen LogP contribution in [0, 0.1) is 0 Å². The average Bonchev–Trinajstić information content (AvgIpc) is 2.29. The van der Waals surface area contributed by atoms with Gasteiger partial charge in [0.05, 0.1) is 6.42 Å². The maximum absolute atomic E-state index is 10.8. The van der Waals surface area contributed by atoms with Crippen LogP contribution >= 0.6 is 15.9 Å². The highest BCUT2D eigenvalue weighted by Gasteiger charge is 2.07. The first-order valence-electron chi connectivity index (χ1n) is 5.22. The van der Waals surface area contributed by atoms with Gasteiger partial charge in [-0.15, -0.1) is 0 Å². The Morgan fingerprint density at radius 3 is 2.59 bits per heavy atom. The van der Waals surface area contributed by atoms with Crippen molar-refractivity contribution >= 4 is 21.9 Å². The lowest BCUT2D eigenvalue weighted by molar-refractivity contribution is -0.136. The molecule has 0 spiro atoms. The Kier molecular flexibility index (Phi) is 3.59. The third-order valence-electron chi connectivity index (χ3n) is 2.49. The molecule has 0 aromatic heterocycles. The molecule has 0 aliphatic carbocycles. The summed E-state index contributed by atoms with van der Waals surface area (Å²) in [6.45, 7) is 0. The number of aliphatic carboxylic acids is 1. The molecule has 2 aromatic rings. The highest BCUT2D eigenvalue weighted by Crippen LogP contribution is 2.26. The van der Waals surface area contributed by atoms with E-state index in [1.54, 1.807) is 0 Å². The van der Waals surface area contributed by atoms with Crippen molar-refractivity contribution in [1.29, 1.82) is 0 Å². The zero-order chi connectivity index (χ0) is 12.3. The van der Waals surface area contributed by atoms with Gasteiger partial charge in [-0.05, 0) is 28.8 Å². The van der Waals surface area contributed by atoms with Gasteiger partial charge in [0.1, 0.15) is 0 Å². The third kappa shape index (κ3) is 2.94. The Hall–Kier alpha value is -1.61. The highest BCUT2D eigenvalue weighted by atomic mass is 79.9. The first-order chi connectivity index (χ1) is 8.16. The van der Waals surface area contributed by atoms with Crippen molar-refractivity contribution in [3.05, 3.63) is 58.6 Å². The van der Waals surface area contributed by atoms with E-state index in [9.17, 15) is 4.79 Å². The Labute approximate surface area is 108 Å². The molecule has 0 unspecified atom stereocenters. The molecule has 0 fully saturated rings. The molecule has 2 nitrogen and oxygen atoms in total. The van der Waals surface area contributed by atoms with E-state index < -0.39 is 5.97 Å². The van der Waals surface area contributed by atoms with Crippen LogP contribution in [0.3, 0.4) is 0 Å². The second kappa shape index (κ2) is 5.15. The Balaban J connectivity index is 2.47. The van der Waals surface area contributed by atoms with Crippen molar-refractivity contribution in [2.75, 3.05) is 0 Å². The predicted molar refractivity (Wildman–Crippen MR) is 70.9 cm³/mol. The zero-order valence-electron chi connectivity index (χ0n) is 9.06. The van der Waals surface area contributed by atoms with E-state index in [1.807, 2.05) is 48.5 Å². The van der Waals surface area contributed by atoms with Crippen LogP contribution in [0.5, 0.6) is 0 Å². The quantitative estimate of drug-likeness (QED) is 0.935. The number of carboxylic acid groups (broad SMARTS) is 1. The van der Waals surface area contributed by atoms with Gasteiger partial charge in [0.2, 0.25) is 0 Å². The number of carbonyl (C=O) groups is 1. The summed E-state index contributed by atoms with van der Waals surface area (Å²) >= 11 is 3.42. The lowest BCUT2D eigenvalue weighted by Crippen LogP contribution is -2.01. The van der Waals surface area contributed by atoms with Crippen LogP contribution in [0.4, 0.5) is 0 Å². The summed E-state index contributed by atoms with van der Waals surface area (Å²) in [5.74, 6) is -0.813. The molecule has 86 valence electrons. The van der Waals surface area contributed by atoms with Crippen molar-refractivity contribution in [1.82, 2.24) is 0 Å². The summed E-state index contributed by atoms with van der Waals surface area (Å²) in [6, 6.07) is 15.4. The number of hydrogen-bond acceptors (Lipinski definition) is 1. The molecule has 0 radical (unpaired) electrons. The molecule has 0 atom stereocenters. The molecule has 17 heavy (non-hydrogen) atoms. The van der Waals surface area contributed by atoms with E-state index in [-0.39, 0.29) is 6.42 Å². The van der Waals surface area contributed by atoms with Gasteiger partial charge in [0.15, 0.2) is 0 Å². The van der Waals surface area contributed by atoms with Crippen LogP contribution in [0.15, 0.2) is 53.0 Å². The molecule has 0 aliphatic heterocycles. The normalized spacial score (nSPS) is 10.2. The van der Waals surface area contributed by atoms with Gasteiger partial charge in [-0.2, -0.15) is 0 Å². The third-order valence-corrected chi connectivity index (χ3v) is 2.99. The molecule has 0 aliphatic rings. The first-order valence-corrected chi connectivity index (χ1v) is 6.02. The van der Waals surface area contributed by atoms with Crippen molar-refractivity contribution in [3.63, 3.8) is 0 Å². The average molecular weight is 291 g/mol. The molecule has 2 aromatic carbocycles. The topological polar surface area (TPSA) is 37.3 Å². The SMILES string of the molecule is O=C(O)Cc1ccccc1-c1cccc(Br)c1. The number of hydrogen-bond donors (Lipinski definition) is 1. The number of carboxylic acids is 1. The van der Waals surface area contributed by atoms with Gasteiger partial charge in [-0.3, -0.25) is 4.79 Å². The molecule has 0 bridgehead atoms. The van der Waals surface area contributed by atoms with Crippen LogP contribution in [0.2, 0.25) is 0 Å². The van der Waals surface area contributed by atoms with Gasteiger partial charge in [-0.25, -0.2) is 0 Å². The van der Waals surface area contributed by atoms with Crippen molar-refractivity contribution in [3.8, 4) is 11.1 Å². The summed E-state index contributed by atoms with van der Waals surface area (Å²) in [6.07, 6.45) is 0.0443. The monoisotopic (exact) mass is 290 g/mol. The first kappa shape index (κ1) is 11.9. The van der Waals surface area contributed by atoms with Crippen LogP contribution in [0.1, 0.15) is 5.56 Å². The fraction of sp³-hybridized carbons (Fsp3) is 0.0714. The molecule has 2 rings (SSSR count). The van der Waals surface area contributed by atoms with Gasteiger partial charge in [0, 0.05) is 4.47 Å². The van der Waals surface area contributed by atoms with Crippen LogP contribution < -0.4 is 0 Å². The van der Waals surface area contributed by atoms with Gasteiger partial charge < -0.3 is 5.11 Å². The molecular formula is C14H11BrO2. The minimum atomic E-state index is -0.813. The lowest BCUT2D eigenvalue weighted by atomic mass is 9.98. The molecule has 0 heterocycles. The van der Waals surface area contributed by atoms with E-state index in [1.165, 1.54) is 0 Å². The van der Waals surface area contributed by atoms with E-state index in [4.69, 9.17) is 5.11 Å². The summed E-state index contributed by atoms with van der Waals surface area (Å²) in [7, 11) is 0. The summed E-state index contributed by atoms with van der Waals surface area (Å²) < 4.78 is 0.986. The summed E-state index contributed by atoms with van der Waals surface area (Å²) in [5.41, 5.74) is 2.82. The minimum Gasteiger partial charge on any atom is -0.481 e. The van der Waals surface area contributed by atoms with Crippen LogP contribution in [-0.2, 0) is 11.2 Å². The smallest absolute Gasteiger partial charge is 0.307 e. The molecule has 0 saturated carbocycles. The van der Waals surface area contributed by atoms with Gasteiger partial charge >= 0.3 is 5.97 Å². The minimum absolute atomic E-state index is 0.0443. The van der Waals surface area contributed by atoms with E-state index >= 15 is 0 Å². The fourth-order valence-corrected chi connectivity index (χ4v) is 2.17. The second-order valence-corrected chi connectivity index (χ2v) is 4.65. The predicted octanol–water partition coefficient (Wildman–Crippen LogP) is 3.74.